The zero-order valence-electron chi connectivity index (χ0n) is 21.7. The number of esters is 1. The van der Waals surface area contributed by atoms with Crippen LogP contribution in [0.15, 0.2) is 24.0 Å². The third-order valence-corrected chi connectivity index (χ3v) is 8.84. The molecule has 1 N–H and O–H groups in total. The molecule has 1 aliphatic carbocycles. The van der Waals surface area contributed by atoms with Gasteiger partial charge in [0.25, 0.3) is 0 Å². The Hall–Kier alpha value is -2.78. The molecule has 9 nitrogen and oxygen atoms in total. The van der Waals surface area contributed by atoms with Gasteiger partial charge >= 0.3 is 11.9 Å². The molecular weight excluding hydrogens is 478 g/mol. The Kier molecular flexibility index (Phi) is 5.73. The molecule has 0 saturated carbocycles. The highest BCUT2D eigenvalue weighted by molar-refractivity contribution is 5.86. The molecule has 9 heteroatoms. The molecule has 37 heavy (non-hydrogen) atoms. The lowest BCUT2D eigenvalue weighted by atomic mass is 9.77. The molecule has 1 spiro atoms. The molecule has 3 unspecified atom stereocenters. The first-order chi connectivity index (χ1) is 17.7. The maximum atomic E-state index is 14.0. The first kappa shape index (κ1) is 24.6. The van der Waals surface area contributed by atoms with Crippen molar-refractivity contribution in [2.24, 2.45) is 0 Å². The van der Waals surface area contributed by atoms with Crippen LogP contribution in [0.2, 0.25) is 0 Å². The minimum Gasteiger partial charge on any atom is -0.497 e. The van der Waals surface area contributed by atoms with Gasteiger partial charge in [-0.05, 0) is 88.3 Å². The van der Waals surface area contributed by atoms with Crippen LogP contribution in [0.5, 0.6) is 11.5 Å². The molecule has 200 valence electrons. The number of methoxy groups -OCH3 is 1. The van der Waals surface area contributed by atoms with Crippen LogP contribution in [0.25, 0.3) is 0 Å². The van der Waals surface area contributed by atoms with Gasteiger partial charge in [0.2, 0.25) is 6.79 Å². The normalized spacial score (nSPS) is 33.5. The minimum absolute atomic E-state index is 0.185. The van der Waals surface area contributed by atoms with Crippen LogP contribution < -0.4 is 9.47 Å². The summed E-state index contributed by atoms with van der Waals surface area (Å²) in [7, 11) is 1.60. The van der Waals surface area contributed by atoms with Gasteiger partial charge in [-0.25, -0.2) is 4.79 Å². The molecule has 1 aromatic carbocycles. The van der Waals surface area contributed by atoms with E-state index in [4.69, 9.17) is 23.7 Å². The predicted molar refractivity (Wildman–Crippen MR) is 132 cm³/mol. The van der Waals surface area contributed by atoms with Gasteiger partial charge in [-0.3, -0.25) is 9.69 Å². The van der Waals surface area contributed by atoms with Crippen LogP contribution in [0, 0.1) is 0 Å². The van der Waals surface area contributed by atoms with Crippen LogP contribution in [0.1, 0.15) is 69.4 Å². The third kappa shape index (κ3) is 3.89. The van der Waals surface area contributed by atoms with E-state index in [1.54, 1.807) is 7.11 Å². The number of carboxylic acids is 1. The first-order valence-corrected chi connectivity index (χ1v) is 13.2. The first-order valence-electron chi connectivity index (χ1n) is 13.2. The second-order valence-corrected chi connectivity index (χ2v) is 11.6. The number of aliphatic carboxylic acids is 1. The molecule has 4 heterocycles. The summed E-state index contributed by atoms with van der Waals surface area (Å²) in [6, 6.07) is 4.09. The fraction of sp³-hybridized carbons (Fsp3) is 0.643. The molecule has 5 aliphatic rings. The number of carbonyl (C=O) groups excluding carboxylic acids is 1. The van der Waals surface area contributed by atoms with Crippen LogP contribution in [-0.4, -0.2) is 71.8 Å². The number of fused-ring (bicyclic) bond motifs is 3. The highest BCUT2D eigenvalue weighted by atomic mass is 16.7. The monoisotopic (exact) mass is 513 g/mol. The van der Waals surface area contributed by atoms with Gasteiger partial charge in [0, 0.05) is 6.54 Å². The summed E-state index contributed by atoms with van der Waals surface area (Å²) in [6.07, 6.45) is 5.51. The maximum absolute atomic E-state index is 14.0. The van der Waals surface area contributed by atoms with Gasteiger partial charge < -0.3 is 28.8 Å². The lowest BCUT2D eigenvalue weighted by Crippen LogP contribution is -2.54. The van der Waals surface area contributed by atoms with Crippen LogP contribution in [0.3, 0.4) is 0 Å². The Morgan fingerprint density at radius 2 is 1.89 bits per heavy atom. The van der Waals surface area contributed by atoms with Crippen molar-refractivity contribution in [2.45, 2.75) is 87.6 Å². The Bertz CT molecular complexity index is 1160. The molecule has 2 saturated heterocycles. The summed E-state index contributed by atoms with van der Waals surface area (Å²) in [4.78, 5) is 28.3. The Balaban J connectivity index is 1.42. The van der Waals surface area contributed by atoms with E-state index in [9.17, 15) is 14.7 Å². The van der Waals surface area contributed by atoms with E-state index in [-0.39, 0.29) is 18.2 Å². The van der Waals surface area contributed by atoms with Gasteiger partial charge in [0.1, 0.15) is 5.76 Å². The number of nitrogens with zero attached hydrogens (tertiary/aromatic N) is 1. The minimum atomic E-state index is -1.54. The topological polar surface area (TPSA) is 104 Å². The SMILES string of the molecule is COC1=CC23CCCN2CCc2cc4c(cc2C3C1OC(=O)[C@@]1(CC(=O)O)CCCC(C)(C)O1)OCO4. The molecule has 1 aromatic rings. The van der Waals surface area contributed by atoms with Gasteiger partial charge in [0.05, 0.1) is 30.6 Å². The second kappa shape index (κ2) is 8.63. The van der Waals surface area contributed by atoms with E-state index in [1.165, 1.54) is 0 Å². The third-order valence-electron chi connectivity index (χ3n) is 8.84. The molecule has 4 atom stereocenters. The van der Waals surface area contributed by atoms with Gasteiger partial charge in [0.15, 0.2) is 23.2 Å². The van der Waals surface area contributed by atoms with Crippen molar-refractivity contribution in [2.75, 3.05) is 27.0 Å². The van der Waals surface area contributed by atoms with Crippen molar-refractivity contribution < 1.29 is 38.4 Å². The van der Waals surface area contributed by atoms with Crippen molar-refractivity contribution in [1.82, 2.24) is 4.90 Å². The lowest BCUT2D eigenvalue weighted by Gasteiger charge is -2.44. The summed E-state index contributed by atoms with van der Waals surface area (Å²) in [6.45, 7) is 5.79. The molecule has 0 bridgehead atoms. The van der Waals surface area contributed by atoms with Gasteiger partial charge in [-0.2, -0.15) is 0 Å². The molecular formula is C28H35NO8. The standard InChI is InChI=1S/C28H35NO8/c1-26(2)7-4-9-28(37-26,15-22(30)31)25(32)36-24-21(33-3)14-27-8-5-10-29(27)11-6-17-12-19-20(35-16-34-19)13-18(17)23(24)27/h12-14,23-24H,4-11,15-16H2,1-3H3,(H,30,31)/t23?,24?,27?,28-/m0/s1. The number of hydrogen-bond donors (Lipinski definition) is 1. The number of ether oxygens (including phenoxy) is 5. The Morgan fingerprint density at radius 3 is 2.62 bits per heavy atom. The van der Waals surface area contributed by atoms with Crippen molar-refractivity contribution in [3.8, 4) is 11.5 Å². The van der Waals surface area contributed by atoms with Crippen molar-refractivity contribution in [3.63, 3.8) is 0 Å². The van der Waals surface area contributed by atoms with Crippen molar-refractivity contribution in [1.29, 1.82) is 0 Å². The zero-order valence-corrected chi connectivity index (χ0v) is 21.7. The smallest absolute Gasteiger partial charge is 0.339 e. The van der Waals surface area contributed by atoms with E-state index in [0.717, 1.165) is 55.6 Å². The highest BCUT2D eigenvalue weighted by Crippen LogP contribution is 2.56. The lowest BCUT2D eigenvalue weighted by molar-refractivity contribution is -0.216. The van der Waals surface area contributed by atoms with Crippen LogP contribution in [0.4, 0.5) is 0 Å². The van der Waals surface area contributed by atoms with E-state index in [2.05, 4.69) is 17.0 Å². The number of benzene rings is 1. The summed E-state index contributed by atoms with van der Waals surface area (Å²) in [5.41, 5.74) is -0.322. The predicted octanol–water partition coefficient (Wildman–Crippen LogP) is 3.54. The molecule has 6 rings (SSSR count). The average Bonchev–Trinajstić information content (AvgIpc) is 3.51. The number of carbonyl (C=O) groups is 2. The number of rotatable bonds is 5. The number of hydrogen-bond acceptors (Lipinski definition) is 8. The molecule has 0 radical (unpaired) electrons. The summed E-state index contributed by atoms with van der Waals surface area (Å²) in [5, 5.41) is 9.72. The van der Waals surface area contributed by atoms with E-state index < -0.39 is 35.7 Å². The van der Waals surface area contributed by atoms with Crippen LogP contribution >= 0.6 is 0 Å². The quantitative estimate of drug-likeness (QED) is 0.592. The average molecular weight is 514 g/mol. The van der Waals surface area contributed by atoms with Gasteiger partial charge in [-0.1, -0.05) is 0 Å². The summed E-state index contributed by atoms with van der Waals surface area (Å²) >= 11 is 0. The fourth-order valence-electron chi connectivity index (χ4n) is 7.33. The zero-order chi connectivity index (χ0) is 26.0. The molecule has 0 amide bonds. The number of carboxylic acid groups (broad SMARTS) is 1. The molecule has 0 aromatic heterocycles. The second-order valence-electron chi connectivity index (χ2n) is 11.6. The summed E-state index contributed by atoms with van der Waals surface area (Å²) < 4.78 is 29.8. The van der Waals surface area contributed by atoms with E-state index in [0.29, 0.717) is 24.4 Å². The molecule has 4 aliphatic heterocycles. The fourth-order valence-corrected chi connectivity index (χ4v) is 7.33. The van der Waals surface area contributed by atoms with E-state index in [1.807, 2.05) is 19.9 Å². The van der Waals surface area contributed by atoms with Crippen LogP contribution in [-0.2, 0) is 30.2 Å². The Labute approximate surface area is 216 Å². The molecule has 2 fully saturated rings. The summed E-state index contributed by atoms with van der Waals surface area (Å²) in [5.74, 6) is 0.0737. The van der Waals surface area contributed by atoms with Gasteiger partial charge in [-0.15, -0.1) is 0 Å². The highest BCUT2D eigenvalue weighted by Gasteiger charge is 2.59. The maximum Gasteiger partial charge on any atom is 0.339 e. The largest absolute Gasteiger partial charge is 0.497 e. The van der Waals surface area contributed by atoms with E-state index >= 15 is 0 Å². The van der Waals surface area contributed by atoms with Crippen molar-refractivity contribution in [3.05, 3.63) is 35.1 Å². The Morgan fingerprint density at radius 1 is 1.11 bits per heavy atom. The van der Waals surface area contributed by atoms with Crippen molar-refractivity contribution >= 4 is 11.9 Å².